The number of fused-ring (bicyclic) bond motifs is 16. The second-order valence-electron chi connectivity index (χ2n) is 13.2. The van der Waals surface area contributed by atoms with Gasteiger partial charge < -0.3 is 13.5 Å². The molecule has 0 atom stereocenters. The topological polar surface area (TPSA) is 56.7 Å². The summed E-state index contributed by atoms with van der Waals surface area (Å²) in [7, 11) is 0. The van der Waals surface area contributed by atoms with E-state index in [1.54, 1.807) is 0 Å². The molecule has 0 spiro atoms. The molecule has 0 aliphatic heterocycles. The minimum absolute atomic E-state index is 0. The Morgan fingerprint density at radius 3 is 1.79 bits per heavy atom. The number of nitrogens with zero attached hydrogens (tertiary/aromatic N) is 5. The van der Waals surface area contributed by atoms with E-state index in [1.165, 1.54) is 10.9 Å². The summed E-state index contributed by atoms with van der Waals surface area (Å²) < 4.78 is 11.0. The van der Waals surface area contributed by atoms with Crippen molar-refractivity contribution in [3.8, 4) is 11.5 Å². The van der Waals surface area contributed by atoms with Crippen molar-refractivity contribution in [1.82, 2.24) is 23.8 Å². The van der Waals surface area contributed by atoms with Crippen molar-refractivity contribution < 1.29 is 25.2 Å². The van der Waals surface area contributed by atoms with Crippen LogP contribution in [0.25, 0.3) is 76.7 Å². The molecule has 0 aliphatic rings. The summed E-state index contributed by atoms with van der Waals surface area (Å²) in [6.07, 6.45) is 3.73. The number of imidazole rings is 2. The van der Waals surface area contributed by atoms with Crippen LogP contribution in [-0.4, -0.2) is 23.8 Å². The summed E-state index contributed by atoms with van der Waals surface area (Å²) in [6.45, 7) is 6.75. The maximum absolute atomic E-state index is 6.55. The molecule has 0 radical (unpaired) electrons. The standard InChI is InChI=1S/C41H27N5O.Pd/c1-41(2,3)24-12-17-35-30(20-24)28-16-14-26(22-32(28)39-43-33-8-4-6-10-36(33)45(35)39)47-25-13-15-27-29-18-19-42-23-38(29)46-37-11-7-5-9-34(37)44-40(46)31(27)21-25;/h4-20,23H,1-3H3;/q-2;+2. The number of benzene rings is 5. The van der Waals surface area contributed by atoms with Crippen LogP contribution >= 0.6 is 0 Å². The molecular formula is C41H27N5OPd. The van der Waals surface area contributed by atoms with Gasteiger partial charge in [0, 0.05) is 29.4 Å². The van der Waals surface area contributed by atoms with Gasteiger partial charge in [-0.2, -0.15) is 0 Å². The third kappa shape index (κ3) is 4.11. The molecule has 0 fully saturated rings. The van der Waals surface area contributed by atoms with Crippen LogP contribution in [0.1, 0.15) is 26.3 Å². The van der Waals surface area contributed by atoms with Crippen LogP contribution in [0.3, 0.4) is 0 Å². The van der Waals surface area contributed by atoms with Crippen LogP contribution in [0.15, 0.2) is 109 Å². The Bertz CT molecular complexity index is 2930. The molecule has 0 saturated heterocycles. The Morgan fingerprint density at radius 1 is 0.583 bits per heavy atom. The first-order chi connectivity index (χ1) is 22.9. The fourth-order valence-corrected chi connectivity index (χ4v) is 7.07. The van der Waals surface area contributed by atoms with Gasteiger partial charge in [-0.05, 0) is 58.1 Å². The van der Waals surface area contributed by atoms with E-state index in [0.717, 1.165) is 71.3 Å². The molecule has 0 amide bonds. The van der Waals surface area contributed by atoms with E-state index in [1.807, 2.05) is 54.9 Å². The zero-order valence-electron chi connectivity index (χ0n) is 26.4. The van der Waals surface area contributed by atoms with Gasteiger partial charge in [-0.25, -0.2) is 0 Å². The van der Waals surface area contributed by atoms with Gasteiger partial charge in [-0.3, -0.25) is 15.0 Å². The number of hydrogen-bond donors (Lipinski definition) is 0. The number of para-hydroxylation sites is 4. The van der Waals surface area contributed by atoms with E-state index in [9.17, 15) is 0 Å². The summed E-state index contributed by atoms with van der Waals surface area (Å²) >= 11 is 0. The molecule has 5 aromatic heterocycles. The predicted molar refractivity (Wildman–Crippen MR) is 190 cm³/mol. The Hall–Kier alpha value is -5.35. The maximum atomic E-state index is 6.55. The summed E-state index contributed by atoms with van der Waals surface area (Å²) in [6, 6.07) is 40.6. The number of ether oxygens (including phenoxy) is 1. The van der Waals surface area contributed by atoms with E-state index in [0.29, 0.717) is 11.5 Å². The van der Waals surface area contributed by atoms with Crippen molar-refractivity contribution in [1.29, 1.82) is 0 Å². The molecule has 5 heterocycles. The SMILES string of the molecule is CC(C)(C)c1ccc2c(c1)c1ccc(Oc3[c-]c4c(cc3)c3ccncc3n3c5ccccc5nc43)[c-]c1c1nc3ccccc3n21.[Pd+2]. The zero-order chi connectivity index (χ0) is 31.4. The zero-order valence-corrected chi connectivity index (χ0v) is 27.9. The van der Waals surface area contributed by atoms with Crippen LogP contribution in [0.5, 0.6) is 11.5 Å². The molecule has 10 aromatic rings. The molecule has 0 aliphatic carbocycles. The number of hydrogen-bond acceptors (Lipinski definition) is 4. The molecule has 232 valence electrons. The molecule has 6 nitrogen and oxygen atoms in total. The third-order valence-corrected chi connectivity index (χ3v) is 9.35. The van der Waals surface area contributed by atoms with Crippen molar-refractivity contribution in [2.45, 2.75) is 26.2 Å². The van der Waals surface area contributed by atoms with Gasteiger partial charge in [0.05, 0.1) is 38.9 Å². The smallest absolute Gasteiger partial charge is 0.497 e. The Kier molecular flexibility index (Phi) is 6.20. The summed E-state index contributed by atoms with van der Waals surface area (Å²) in [4.78, 5) is 14.5. The average molecular weight is 712 g/mol. The second-order valence-corrected chi connectivity index (χ2v) is 13.2. The van der Waals surface area contributed by atoms with E-state index >= 15 is 0 Å². The minimum Gasteiger partial charge on any atom is -0.497 e. The van der Waals surface area contributed by atoms with Gasteiger partial charge >= 0.3 is 20.4 Å². The van der Waals surface area contributed by atoms with Gasteiger partial charge in [0.25, 0.3) is 0 Å². The van der Waals surface area contributed by atoms with E-state index in [-0.39, 0.29) is 25.8 Å². The molecule has 10 rings (SSSR count). The second kappa shape index (κ2) is 10.3. The van der Waals surface area contributed by atoms with Gasteiger partial charge in [0.1, 0.15) is 0 Å². The van der Waals surface area contributed by atoms with Crippen LogP contribution in [-0.2, 0) is 25.8 Å². The third-order valence-electron chi connectivity index (χ3n) is 9.35. The van der Waals surface area contributed by atoms with Gasteiger partial charge in [-0.15, -0.1) is 12.1 Å². The number of aromatic nitrogens is 5. The Labute approximate surface area is 289 Å². The van der Waals surface area contributed by atoms with Crippen LogP contribution in [0, 0.1) is 12.1 Å². The first-order valence-electron chi connectivity index (χ1n) is 15.8. The molecular weight excluding hydrogens is 685 g/mol. The van der Waals surface area contributed by atoms with Crippen LogP contribution in [0.2, 0.25) is 0 Å². The van der Waals surface area contributed by atoms with Gasteiger partial charge in [0.2, 0.25) is 0 Å². The minimum atomic E-state index is 0. The molecule has 7 heteroatoms. The molecule has 0 unspecified atom stereocenters. The first-order valence-corrected chi connectivity index (χ1v) is 15.8. The maximum Gasteiger partial charge on any atom is 2.00 e. The van der Waals surface area contributed by atoms with Crippen molar-refractivity contribution >= 4 is 76.7 Å². The van der Waals surface area contributed by atoms with Gasteiger partial charge in [0.15, 0.2) is 0 Å². The fraction of sp³-hybridized carbons (Fsp3) is 0.0976. The van der Waals surface area contributed by atoms with E-state index in [2.05, 4.69) is 101 Å². The van der Waals surface area contributed by atoms with E-state index in [4.69, 9.17) is 14.7 Å². The van der Waals surface area contributed by atoms with Crippen molar-refractivity contribution in [3.05, 3.63) is 127 Å². The molecule has 5 aromatic carbocycles. The molecule has 48 heavy (non-hydrogen) atoms. The fourth-order valence-electron chi connectivity index (χ4n) is 7.07. The van der Waals surface area contributed by atoms with Crippen LogP contribution in [0.4, 0.5) is 0 Å². The Balaban J connectivity index is 0.00000314. The molecule has 0 N–H and O–H groups in total. The number of rotatable bonds is 2. The molecule has 0 saturated carbocycles. The quantitative estimate of drug-likeness (QED) is 0.102. The van der Waals surface area contributed by atoms with Gasteiger partial charge in [-0.1, -0.05) is 103 Å². The van der Waals surface area contributed by atoms with Crippen molar-refractivity contribution in [3.63, 3.8) is 0 Å². The first kappa shape index (κ1) is 28.8. The average Bonchev–Trinajstić information content (AvgIpc) is 3.68. The predicted octanol–water partition coefficient (Wildman–Crippen LogP) is 9.98. The van der Waals surface area contributed by atoms with Crippen molar-refractivity contribution in [2.24, 2.45) is 0 Å². The normalized spacial score (nSPS) is 12.3. The summed E-state index contributed by atoms with van der Waals surface area (Å²) in [5, 5.41) is 6.19. The van der Waals surface area contributed by atoms with E-state index < -0.39 is 0 Å². The monoisotopic (exact) mass is 711 g/mol. The summed E-state index contributed by atoms with van der Waals surface area (Å²) in [5.41, 5.74) is 9.07. The van der Waals surface area contributed by atoms with Crippen LogP contribution < -0.4 is 4.74 Å². The summed E-state index contributed by atoms with van der Waals surface area (Å²) in [5.74, 6) is 1.19. The van der Waals surface area contributed by atoms with Crippen molar-refractivity contribution in [2.75, 3.05) is 0 Å². The molecule has 0 bridgehead atoms. The number of pyridine rings is 3. The largest absolute Gasteiger partial charge is 2.00 e. The Morgan fingerprint density at radius 2 is 1.17 bits per heavy atom.